The van der Waals surface area contributed by atoms with E-state index in [-0.39, 0.29) is 6.79 Å². The van der Waals surface area contributed by atoms with E-state index < -0.39 is 5.97 Å². The first-order valence-corrected chi connectivity index (χ1v) is 6.17. The molecular formula is C15H11NO5. The van der Waals surface area contributed by atoms with Crippen LogP contribution in [0.5, 0.6) is 11.5 Å². The molecule has 1 aromatic carbocycles. The van der Waals surface area contributed by atoms with Crippen molar-refractivity contribution in [3.63, 3.8) is 0 Å². The highest BCUT2D eigenvalue weighted by atomic mass is 16.7. The lowest BCUT2D eigenvalue weighted by molar-refractivity contribution is -0.137. The minimum Gasteiger partial charge on any atom is -0.463 e. The Labute approximate surface area is 120 Å². The largest absolute Gasteiger partial charge is 0.463 e. The molecule has 3 rings (SSSR count). The summed E-state index contributed by atoms with van der Waals surface area (Å²) in [6, 6.07) is 8.77. The molecule has 0 N–H and O–H groups in total. The number of benzene rings is 1. The van der Waals surface area contributed by atoms with Gasteiger partial charge in [0, 0.05) is 6.08 Å². The predicted molar refractivity (Wildman–Crippen MR) is 74.0 cm³/mol. The first kappa shape index (κ1) is 13.0. The monoisotopic (exact) mass is 285 g/mol. The van der Waals surface area contributed by atoms with Gasteiger partial charge in [0.05, 0.1) is 6.26 Å². The fourth-order valence-electron chi connectivity index (χ4n) is 1.71. The van der Waals surface area contributed by atoms with Crippen molar-refractivity contribution in [2.24, 2.45) is 5.16 Å². The molecule has 21 heavy (non-hydrogen) atoms. The number of oxime groups is 1. The fraction of sp³-hybridized carbons (Fsp3) is 0.0667. The van der Waals surface area contributed by atoms with Crippen molar-refractivity contribution in [2.75, 3.05) is 6.79 Å². The summed E-state index contributed by atoms with van der Waals surface area (Å²) in [5.41, 5.74) is 0.797. The molecule has 0 radical (unpaired) electrons. The minimum absolute atomic E-state index is 0.214. The molecule has 1 aliphatic rings. The lowest BCUT2D eigenvalue weighted by atomic mass is 10.2. The van der Waals surface area contributed by atoms with Gasteiger partial charge in [0.2, 0.25) is 6.79 Å². The summed E-state index contributed by atoms with van der Waals surface area (Å²) in [5.74, 6) is 1.26. The molecule has 0 spiro atoms. The number of carbonyl (C=O) groups excluding carboxylic acids is 1. The standard InChI is InChI=1S/C15H11NO5/c17-15(21-16-9-12-2-1-7-18-12)6-4-11-3-5-13-14(8-11)20-10-19-13/h1-9H,10H2/b6-4+,16-9+. The van der Waals surface area contributed by atoms with Gasteiger partial charge in [0.25, 0.3) is 0 Å². The van der Waals surface area contributed by atoms with Crippen molar-refractivity contribution in [3.05, 3.63) is 54.0 Å². The van der Waals surface area contributed by atoms with Crippen LogP contribution in [0.25, 0.3) is 6.08 Å². The Hall–Kier alpha value is -3.02. The SMILES string of the molecule is O=C(/C=C/c1ccc2c(c1)OCO2)O/N=C/c1ccco1. The van der Waals surface area contributed by atoms with Gasteiger partial charge >= 0.3 is 5.97 Å². The fourth-order valence-corrected chi connectivity index (χ4v) is 1.71. The molecule has 6 nitrogen and oxygen atoms in total. The second-order valence-corrected chi connectivity index (χ2v) is 4.11. The zero-order valence-electron chi connectivity index (χ0n) is 10.9. The van der Waals surface area contributed by atoms with E-state index in [1.165, 1.54) is 18.6 Å². The smallest absolute Gasteiger partial charge is 0.358 e. The zero-order chi connectivity index (χ0) is 14.5. The average Bonchev–Trinajstić information content (AvgIpc) is 3.15. The van der Waals surface area contributed by atoms with Crippen molar-refractivity contribution in [3.8, 4) is 11.5 Å². The van der Waals surface area contributed by atoms with Gasteiger partial charge in [0.15, 0.2) is 11.5 Å². The lowest BCUT2D eigenvalue weighted by Gasteiger charge is -1.97. The summed E-state index contributed by atoms with van der Waals surface area (Å²) < 4.78 is 15.5. The zero-order valence-corrected chi connectivity index (χ0v) is 10.9. The predicted octanol–water partition coefficient (Wildman–Crippen LogP) is 2.60. The third kappa shape index (κ3) is 3.30. The third-order valence-corrected chi connectivity index (χ3v) is 2.67. The molecule has 106 valence electrons. The van der Waals surface area contributed by atoms with Gasteiger partial charge in [-0.1, -0.05) is 11.2 Å². The van der Waals surface area contributed by atoms with E-state index in [0.29, 0.717) is 17.3 Å². The van der Waals surface area contributed by atoms with Crippen molar-refractivity contribution in [1.29, 1.82) is 0 Å². The number of furan rings is 1. The maximum atomic E-state index is 11.5. The molecule has 1 aliphatic heterocycles. The summed E-state index contributed by atoms with van der Waals surface area (Å²) in [7, 11) is 0. The minimum atomic E-state index is -0.588. The number of hydrogen-bond donors (Lipinski definition) is 0. The lowest BCUT2D eigenvalue weighted by Crippen LogP contribution is -1.94. The Morgan fingerprint density at radius 3 is 3.00 bits per heavy atom. The van der Waals surface area contributed by atoms with Crippen molar-refractivity contribution < 1.29 is 23.5 Å². The van der Waals surface area contributed by atoms with Crippen LogP contribution in [-0.4, -0.2) is 19.0 Å². The molecule has 0 amide bonds. The van der Waals surface area contributed by atoms with E-state index in [9.17, 15) is 4.79 Å². The van der Waals surface area contributed by atoms with Gasteiger partial charge in [-0.3, -0.25) is 0 Å². The normalized spacial score (nSPS) is 13.1. The average molecular weight is 285 g/mol. The van der Waals surface area contributed by atoms with Crippen LogP contribution in [0.1, 0.15) is 11.3 Å². The molecule has 2 aromatic rings. The van der Waals surface area contributed by atoms with Crippen LogP contribution in [0, 0.1) is 0 Å². The quantitative estimate of drug-likeness (QED) is 0.374. The molecule has 0 aliphatic carbocycles. The number of nitrogens with zero attached hydrogens (tertiary/aromatic N) is 1. The van der Waals surface area contributed by atoms with Gasteiger partial charge in [-0.15, -0.1) is 0 Å². The van der Waals surface area contributed by atoms with Gasteiger partial charge in [-0.2, -0.15) is 0 Å². The van der Waals surface area contributed by atoms with Gasteiger partial charge in [0.1, 0.15) is 12.0 Å². The molecule has 0 unspecified atom stereocenters. The highest BCUT2D eigenvalue weighted by Crippen LogP contribution is 2.32. The first-order chi connectivity index (χ1) is 10.3. The Bertz CT molecular complexity index is 688. The number of fused-ring (bicyclic) bond motifs is 1. The van der Waals surface area contributed by atoms with E-state index >= 15 is 0 Å². The topological polar surface area (TPSA) is 70.3 Å². The van der Waals surface area contributed by atoms with E-state index in [2.05, 4.69) is 9.99 Å². The number of ether oxygens (including phenoxy) is 2. The van der Waals surface area contributed by atoms with E-state index in [4.69, 9.17) is 13.9 Å². The highest BCUT2D eigenvalue weighted by molar-refractivity contribution is 5.87. The molecular weight excluding hydrogens is 274 g/mol. The van der Waals surface area contributed by atoms with Crippen LogP contribution >= 0.6 is 0 Å². The summed E-state index contributed by atoms with van der Waals surface area (Å²) in [4.78, 5) is 16.1. The van der Waals surface area contributed by atoms with Crippen molar-refractivity contribution in [1.82, 2.24) is 0 Å². The second kappa shape index (κ2) is 5.96. The third-order valence-electron chi connectivity index (χ3n) is 2.67. The molecule has 6 heteroatoms. The number of hydrogen-bond acceptors (Lipinski definition) is 6. The Morgan fingerprint density at radius 1 is 1.24 bits per heavy atom. The van der Waals surface area contributed by atoms with Crippen LogP contribution in [-0.2, 0) is 9.63 Å². The molecule has 1 aromatic heterocycles. The summed E-state index contributed by atoms with van der Waals surface area (Å²) >= 11 is 0. The number of carbonyl (C=O) groups is 1. The van der Waals surface area contributed by atoms with Crippen LogP contribution in [0.4, 0.5) is 0 Å². The van der Waals surface area contributed by atoms with Gasteiger partial charge in [-0.25, -0.2) is 4.79 Å². The Morgan fingerprint density at radius 2 is 2.14 bits per heavy atom. The molecule has 0 bridgehead atoms. The summed E-state index contributed by atoms with van der Waals surface area (Å²) in [6.07, 6.45) is 5.69. The van der Waals surface area contributed by atoms with Crippen molar-refractivity contribution in [2.45, 2.75) is 0 Å². The summed E-state index contributed by atoms with van der Waals surface area (Å²) in [6.45, 7) is 0.214. The maximum Gasteiger partial charge on any atom is 0.358 e. The van der Waals surface area contributed by atoms with Crippen LogP contribution < -0.4 is 9.47 Å². The van der Waals surface area contributed by atoms with Gasteiger partial charge < -0.3 is 18.7 Å². The Balaban J connectivity index is 1.57. The molecule has 0 atom stereocenters. The van der Waals surface area contributed by atoms with E-state index in [1.54, 1.807) is 30.3 Å². The van der Waals surface area contributed by atoms with Crippen LogP contribution in [0.3, 0.4) is 0 Å². The van der Waals surface area contributed by atoms with E-state index in [1.807, 2.05) is 6.07 Å². The maximum absolute atomic E-state index is 11.5. The first-order valence-electron chi connectivity index (χ1n) is 6.17. The molecule has 2 heterocycles. The number of rotatable bonds is 4. The van der Waals surface area contributed by atoms with Gasteiger partial charge in [-0.05, 0) is 35.9 Å². The molecule has 0 saturated heterocycles. The van der Waals surface area contributed by atoms with Crippen molar-refractivity contribution >= 4 is 18.3 Å². The molecule has 0 fully saturated rings. The highest BCUT2D eigenvalue weighted by Gasteiger charge is 2.12. The summed E-state index contributed by atoms with van der Waals surface area (Å²) in [5, 5.41) is 3.52. The Kier molecular flexibility index (Phi) is 3.68. The van der Waals surface area contributed by atoms with Crippen LogP contribution in [0.2, 0.25) is 0 Å². The van der Waals surface area contributed by atoms with E-state index in [0.717, 1.165) is 5.56 Å². The second-order valence-electron chi connectivity index (χ2n) is 4.11. The van der Waals surface area contributed by atoms with Crippen LogP contribution in [0.15, 0.2) is 52.2 Å². The molecule has 0 saturated carbocycles.